The van der Waals surface area contributed by atoms with E-state index in [0.29, 0.717) is 30.7 Å². The van der Waals surface area contributed by atoms with Gasteiger partial charge >= 0.3 is 0 Å². The van der Waals surface area contributed by atoms with Crippen molar-refractivity contribution in [3.63, 3.8) is 0 Å². The maximum atomic E-state index is 13.7. The minimum absolute atomic E-state index is 0.0120. The Morgan fingerprint density at radius 2 is 1.83 bits per heavy atom. The summed E-state index contributed by atoms with van der Waals surface area (Å²) in [5.41, 5.74) is -0.479. The number of hydrogen-bond donors (Lipinski definition) is 1. The minimum Gasteiger partial charge on any atom is -0.490 e. The molecule has 0 unspecified atom stereocenters. The number of benzene rings is 1. The maximum Gasteiger partial charge on any atom is 0.228 e. The van der Waals surface area contributed by atoms with E-state index in [2.05, 4.69) is 5.32 Å². The van der Waals surface area contributed by atoms with Crippen LogP contribution in [0.5, 0.6) is 5.75 Å². The standard InChI is InChI=1S/C24H31FN2O3/c1-16(28)26-24-13-17-9-18(14-24)12-23(11-17,15-24)22(29)27-7-5-20(6-8-27)30-21-4-2-3-19(25)10-21/h2-4,10,17-18,20H,5-9,11-15H2,1H3,(H,26,28)/t17-,18-,23?,24?/m1/s1. The highest BCUT2D eigenvalue weighted by atomic mass is 19.1. The van der Waals surface area contributed by atoms with Crippen LogP contribution in [0.25, 0.3) is 0 Å². The molecule has 1 heterocycles. The van der Waals surface area contributed by atoms with Crippen LogP contribution in [-0.4, -0.2) is 41.4 Å². The van der Waals surface area contributed by atoms with E-state index in [1.54, 1.807) is 19.1 Å². The van der Waals surface area contributed by atoms with Gasteiger partial charge in [0.15, 0.2) is 0 Å². The lowest BCUT2D eigenvalue weighted by atomic mass is 9.46. The van der Waals surface area contributed by atoms with Crippen LogP contribution in [0.4, 0.5) is 4.39 Å². The minimum atomic E-state index is -0.303. The molecule has 5 nitrogen and oxygen atoms in total. The smallest absolute Gasteiger partial charge is 0.228 e. The number of piperidine rings is 1. The van der Waals surface area contributed by atoms with Gasteiger partial charge in [-0.1, -0.05) is 6.07 Å². The van der Waals surface area contributed by atoms with Crippen LogP contribution in [0.15, 0.2) is 24.3 Å². The van der Waals surface area contributed by atoms with Crippen LogP contribution >= 0.6 is 0 Å². The molecule has 5 fully saturated rings. The Bertz CT molecular complexity index is 835. The molecule has 1 aliphatic heterocycles. The number of amides is 2. The van der Waals surface area contributed by atoms with E-state index in [9.17, 15) is 14.0 Å². The first kappa shape index (κ1) is 19.8. The highest BCUT2D eigenvalue weighted by Crippen LogP contribution is 2.62. The lowest BCUT2D eigenvalue weighted by molar-refractivity contribution is -0.164. The van der Waals surface area contributed by atoms with Gasteiger partial charge in [-0.05, 0) is 62.5 Å². The third-order valence-corrected chi connectivity index (χ3v) is 7.78. The normalized spacial score (nSPS) is 35.3. The van der Waals surface area contributed by atoms with Crippen LogP contribution in [0.2, 0.25) is 0 Å². The van der Waals surface area contributed by atoms with Gasteiger partial charge in [0.25, 0.3) is 0 Å². The van der Waals surface area contributed by atoms with E-state index in [1.165, 1.54) is 18.6 Å². The fourth-order valence-electron chi connectivity index (χ4n) is 7.28. The number of nitrogens with zero attached hydrogens (tertiary/aromatic N) is 1. The summed E-state index contributed by atoms with van der Waals surface area (Å²) >= 11 is 0. The molecule has 0 spiro atoms. The zero-order valence-corrected chi connectivity index (χ0v) is 17.7. The summed E-state index contributed by atoms with van der Waals surface area (Å²) in [4.78, 5) is 27.6. The largest absolute Gasteiger partial charge is 0.490 e. The fraction of sp³-hybridized carbons (Fsp3) is 0.667. The summed E-state index contributed by atoms with van der Waals surface area (Å²) in [7, 11) is 0. The van der Waals surface area contributed by atoms with Crippen LogP contribution in [0.3, 0.4) is 0 Å². The van der Waals surface area contributed by atoms with Crippen molar-refractivity contribution in [1.82, 2.24) is 10.2 Å². The predicted octanol–water partition coefficient (Wildman–Crippen LogP) is 3.67. The lowest BCUT2D eigenvalue weighted by Crippen LogP contribution is -2.66. The Kier molecular flexibility index (Phi) is 4.79. The SMILES string of the molecule is CC(=O)NC12C[C@@H]3C[C@@H](C1)CC(C(=O)N1CCC(Oc4cccc(F)c4)CC1)(C3)C2. The molecule has 4 bridgehead atoms. The number of halogens is 1. The molecule has 6 rings (SSSR count). The predicted molar refractivity (Wildman–Crippen MR) is 110 cm³/mol. The van der Waals surface area contributed by atoms with Crippen LogP contribution in [0, 0.1) is 23.1 Å². The molecule has 1 saturated heterocycles. The summed E-state index contributed by atoms with van der Waals surface area (Å²) in [6.07, 6.45) is 7.56. The van der Waals surface area contributed by atoms with Gasteiger partial charge in [0.2, 0.25) is 11.8 Å². The molecule has 4 aliphatic carbocycles. The third-order valence-electron chi connectivity index (χ3n) is 7.78. The van der Waals surface area contributed by atoms with Gasteiger partial charge in [0, 0.05) is 44.5 Å². The first-order chi connectivity index (χ1) is 14.3. The summed E-state index contributed by atoms with van der Waals surface area (Å²) in [6.45, 7) is 2.96. The topological polar surface area (TPSA) is 58.6 Å². The molecule has 30 heavy (non-hydrogen) atoms. The van der Waals surface area contributed by atoms with E-state index < -0.39 is 0 Å². The second-order valence-corrected chi connectivity index (χ2v) is 10.3. The van der Waals surface area contributed by atoms with Crippen molar-refractivity contribution < 1.29 is 18.7 Å². The number of hydrogen-bond acceptors (Lipinski definition) is 3. The zero-order chi connectivity index (χ0) is 20.9. The number of ether oxygens (including phenoxy) is 1. The number of rotatable bonds is 4. The second kappa shape index (κ2) is 7.24. The number of carbonyl (C=O) groups excluding carboxylic acids is 2. The van der Waals surface area contributed by atoms with Crippen molar-refractivity contribution in [2.45, 2.75) is 69.9 Å². The number of carbonyl (C=O) groups is 2. The molecule has 5 aliphatic rings. The monoisotopic (exact) mass is 414 g/mol. The Morgan fingerprint density at radius 3 is 2.47 bits per heavy atom. The Hall–Kier alpha value is -2.11. The van der Waals surface area contributed by atoms with E-state index >= 15 is 0 Å². The molecule has 1 N–H and O–H groups in total. The molecule has 4 saturated carbocycles. The van der Waals surface area contributed by atoms with Crippen molar-refractivity contribution in [1.29, 1.82) is 0 Å². The quantitative estimate of drug-likeness (QED) is 0.818. The molecule has 6 heteroatoms. The Labute approximate surface area is 177 Å². The van der Waals surface area contributed by atoms with E-state index in [4.69, 9.17) is 4.74 Å². The first-order valence-electron chi connectivity index (χ1n) is 11.4. The van der Waals surface area contributed by atoms with Crippen molar-refractivity contribution in [3.8, 4) is 5.75 Å². The van der Waals surface area contributed by atoms with Crippen molar-refractivity contribution in [2.24, 2.45) is 17.3 Å². The molecule has 0 aromatic heterocycles. The van der Waals surface area contributed by atoms with E-state index in [-0.39, 0.29) is 34.7 Å². The van der Waals surface area contributed by atoms with Crippen molar-refractivity contribution in [2.75, 3.05) is 13.1 Å². The summed E-state index contributed by atoms with van der Waals surface area (Å²) in [6, 6.07) is 6.25. The van der Waals surface area contributed by atoms with E-state index in [0.717, 1.165) is 44.9 Å². The zero-order valence-electron chi connectivity index (χ0n) is 17.7. The average molecular weight is 415 g/mol. The third kappa shape index (κ3) is 3.58. The summed E-state index contributed by atoms with van der Waals surface area (Å²) in [5.74, 6) is 1.67. The van der Waals surface area contributed by atoms with Gasteiger partial charge < -0.3 is 15.0 Å². The maximum absolute atomic E-state index is 13.7. The van der Waals surface area contributed by atoms with Crippen molar-refractivity contribution >= 4 is 11.8 Å². The van der Waals surface area contributed by atoms with Gasteiger partial charge in [-0.2, -0.15) is 0 Å². The van der Waals surface area contributed by atoms with Crippen LogP contribution in [0.1, 0.15) is 58.3 Å². The Morgan fingerprint density at radius 1 is 1.13 bits per heavy atom. The van der Waals surface area contributed by atoms with Gasteiger partial charge in [0.1, 0.15) is 17.7 Å². The average Bonchev–Trinajstić information content (AvgIpc) is 2.66. The molecule has 162 valence electrons. The highest BCUT2D eigenvalue weighted by molar-refractivity contribution is 5.84. The lowest BCUT2D eigenvalue weighted by Gasteiger charge is -2.62. The van der Waals surface area contributed by atoms with Gasteiger partial charge in [-0.3, -0.25) is 9.59 Å². The van der Waals surface area contributed by atoms with Crippen molar-refractivity contribution in [3.05, 3.63) is 30.1 Å². The first-order valence-corrected chi connectivity index (χ1v) is 11.4. The van der Waals surface area contributed by atoms with Gasteiger partial charge in [-0.25, -0.2) is 4.39 Å². The molecular formula is C24H31FN2O3. The number of likely N-dealkylation sites (tertiary alicyclic amines) is 1. The molecule has 1 aromatic carbocycles. The molecule has 1 aromatic rings. The van der Waals surface area contributed by atoms with E-state index in [1.807, 2.05) is 4.90 Å². The fourth-order valence-corrected chi connectivity index (χ4v) is 7.28. The Balaban J connectivity index is 1.25. The number of nitrogens with one attached hydrogen (secondary N) is 1. The molecule has 0 radical (unpaired) electrons. The molecule has 2 amide bonds. The van der Waals surface area contributed by atoms with Crippen LogP contribution < -0.4 is 10.1 Å². The van der Waals surface area contributed by atoms with Crippen LogP contribution in [-0.2, 0) is 9.59 Å². The second-order valence-electron chi connectivity index (χ2n) is 10.3. The highest BCUT2D eigenvalue weighted by Gasteiger charge is 2.61. The summed E-state index contributed by atoms with van der Waals surface area (Å²) in [5, 5.41) is 3.25. The molecular weight excluding hydrogens is 383 g/mol. The summed E-state index contributed by atoms with van der Waals surface area (Å²) < 4.78 is 19.3. The van der Waals surface area contributed by atoms with Gasteiger partial charge in [0.05, 0.1) is 5.41 Å². The molecule has 2 atom stereocenters. The van der Waals surface area contributed by atoms with Gasteiger partial charge in [-0.15, -0.1) is 0 Å².